The fraction of sp³-hybridized carbons (Fsp3) is 0.368. The van der Waals surface area contributed by atoms with Gasteiger partial charge in [-0.25, -0.2) is 0 Å². The van der Waals surface area contributed by atoms with Gasteiger partial charge in [0.1, 0.15) is 5.69 Å². The molecule has 0 spiro atoms. The number of nitrogens with one attached hydrogen (secondary N) is 2. The first-order chi connectivity index (χ1) is 11.3. The number of rotatable bonds is 9. The van der Waals surface area contributed by atoms with Crippen LogP contribution < -0.4 is 10.6 Å². The van der Waals surface area contributed by atoms with Gasteiger partial charge in [0.15, 0.2) is 0 Å². The van der Waals surface area contributed by atoms with Crippen molar-refractivity contribution in [1.29, 1.82) is 0 Å². The molecule has 0 radical (unpaired) electrons. The Bertz CT molecular complexity index is 599. The van der Waals surface area contributed by atoms with Crippen molar-refractivity contribution >= 4 is 11.6 Å². The highest BCUT2D eigenvalue weighted by Crippen LogP contribution is 2.08. The van der Waals surface area contributed by atoms with Crippen LogP contribution in [0.5, 0.6) is 0 Å². The molecule has 0 aliphatic carbocycles. The van der Waals surface area contributed by atoms with Crippen LogP contribution in [0.4, 0.5) is 5.69 Å². The number of hydrogen-bond acceptors (Lipinski definition) is 3. The van der Waals surface area contributed by atoms with Crippen molar-refractivity contribution in [2.45, 2.75) is 32.6 Å². The zero-order chi connectivity index (χ0) is 16.3. The maximum atomic E-state index is 12.1. The number of unbranched alkanes of at least 4 members (excludes halogenated alkanes) is 1. The molecule has 0 atom stereocenters. The van der Waals surface area contributed by atoms with Crippen LogP contribution in [0.3, 0.4) is 0 Å². The Labute approximate surface area is 138 Å². The minimum absolute atomic E-state index is 0.114. The zero-order valence-electron chi connectivity index (χ0n) is 13.7. The van der Waals surface area contributed by atoms with Gasteiger partial charge in [-0.15, -0.1) is 0 Å². The van der Waals surface area contributed by atoms with E-state index in [9.17, 15) is 4.79 Å². The number of aromatic nitrogens is 1. The highest BCUT2D eigenvalue weighted by atomic mass is 16.1. The molecular weight excluding hydrogens is 286 g/mol. The van der Waals surface area contributed by atoms with Crippen LogP contribution in [0.2, 0.25) is 0 Å². The molecule has 0 aliphatic rings. The van der Waals surface area contributed by atoms with E-state index in [4.69, 9.17) is 0 Å². The van der Waals surface area contributed by atoms with E-state index in [1.54, 1.807) is 6.20 Å². The van der Waals surface area contributed by atoms with Gasteiger partial charge in [-0.1, -0.05) is 43.7 Å². The Morgan fingerprint density at radius 1 is 1.09 bits per heavy atom. The summed E-state index contributed by atoms with van der Waals surface area (Å²) in [6.07, 6.45) is 5.82. The largest absolute Gasteiger partial charge is 0.385 e. The lowest BCUT2D eigenvalue weighted by Gasteiger charge is -2.08. The van der Waals surface area contributed by atoms with Gasteiger partial charge in [-0.05, 0) is 37.0 Å². The molecule has 4 heteroatoms. The highest BCUT2D eigenvalue weighted by Gasteiger charge is 2.07. The van der Waals surface area contributed by atoms with Crippen molar-refractivity contribution in [3.8, 4) is 0 Å². The second kappa shape index (κ2) is 9.62. The lowest BCUT2D eigenvalue weighted by atomic mass is 10.1. The van der Waals surface area contributed by atoms with Crippen molar-refractivity contribution in [3.05, 3.63) is 59.9 Å². The number of benzene rings is 1. The van der Waals surface area contributed by atoms with Gasteiger partial charge in [-0.2, -0.15) is 0 Å². The summed E-state index contributed by atoms with van der Waals surface area (Å²) in [7, 11) is 0. The van der Waals surface area contributed by atoms with Gasteiger partial charge >= 0.3 is 0 Å². The second-order valence-corrected chi connectivity index (χ2v) is 5.56. The van der Waals surface area contributed by atoms with Crippen LogP contribution in [-0.2, 0) is 6.42 Å². The van der Waals surface area contributed by atoms with E-state index in [1.807, 2.05) is 30.3 Å². The first-order valence-corrected chi connectivity index (χ1v) is 8.31. The molecule has 0 saturated carbocycles. The topological polar surface area (TPSA) is 54.0 Å². The van der Waals surface area contributed by atoms with Crippen LogP contribution in [-0.4, -0.2) is 24.0 Å². The molecule has 1 aromatic carbocycles. The number of pyridine rings is 1. The number of hydrogen-bond donors (Lipinski definition) is 2. The van der Waals surface area contributed by atoms with Gasteiger partial charge in [0.25, 0.3) is 5.91 Å². The first-order valence-electron chi connectivity index (χ1n) is 8.31. The van der Waals surface area contributed by atoms with E-state index >= 15 is 0 Å². The van der Waals surface area contributed by atoms with Gasteiger partial charge < -0.3 is 10.6 Å². The van der Waals surface area contributed by atoms with E-state index < -0.39 is 0 Å². The third-order valence-corrected chi connectivity index (χ3v) is 3.62. The molecule has 2 N–H and O–H groups in total. The summed E-state index contributed by atoms with van der Waals surface area (Å²) in [5.74, 6) is -0.114. The van der Waals surface area contributed by atoms with E-state index in [-0.39, 0.29) is 5.91 Å². The first kappa shape index (κ1) is 17.0. The molecule has 0 bridgehead atoms. The minimum Gasteiger partial charge on any atom is -0.385 e. The number of anilines is 1. The van der Waals surface area contributed by atoms with Crippen molar-refractivity contribution in [1.82, 2.24) is 10.3 Å². The maximum Gasteiger partial charge on any atom is 0.269 e. The summed E-state index contributed by atoms with van der Waals surface area (Å²) >= 11 is 0. The van der Waals surface area contributed by atoms with Crippen LogP contribution in [0.15, 0.2) is 48.7 Å². The number of amides is 1. The number of carbonyl (C=O) groups excluding carboxylic acids is 1. The predicted octanol–water partition coefficient (Wildman–Crippen LogP) is 3.66. The lowest BCUT2D eigenvalue weighted by Crippen LogP contribution is -2.25. The summed E-state index contributed by atoms with van der Waals surface area (Å²) < 4.78 is 0. The average molecular weight is 311 g/mol. The van der Waals surface area contributed by atoms with Crippen LogP contribution in [0.1, 0.15) is 42.2 Å². The van der Waals surface area contributed by atoms with Gasteiger partial charge in [0, 0.05) is 25.0 Å². The summed E-state index contributed by atoms with van der Waals surface area (Å²) in [5, 5.41) is 6.24. The van der Waals surface area contributed by atoms with Gasteiger partial charge in [-0.3, -0.25) is 9.78 Å². The molecule has 2 rings (SSSR count). The van der Waals surface area contributed by atoms with Crippen molar-refractivity contribution in [3.63, 3.8) is 0 Å². The predicted molar refractivity (Wildman–Crippen MR) is 94.7 cm³/mol. The minimum atomic E-state index is -0.114. The summed E-state index contributed by atoms with van der Waals surface area (Å²) in [6, 6.07) is 14.0. The Morgan fingerprint density at radius 3 is 2.70 bits per heavy atom. The number of nitrogens with zero attached hydrogens (tertiary/aromatic N) is 1. The highest BCUT2D eigenvalue weighted by molar-refractivity contribution is 5.93. The number of aryl methyl sites for hydroxylation is 1. The normalized spacial score (nSPS) is 10.3. The Kier molecular flexibility index (Phi) is 7.11. The quantitative estimate of drug-likeness (QED) is 0.695. The molecule has 1 amide bonds. The number of carbonyl (C=O) groups is 1. The van der Waals surface area contributed by atoms with Crippen molar-refractivity contribution < 1.29 is 4.79 Å². The van der Waals surface area contributed by atoms with Crippen LogP contribution in [0.25, 0.3) is 0 Å². The van der Waals surface area contributed by atoms with E-state index in [0.717, 1.165) is 37.9 Å². The molecule has 0 fully saturated rings. The maximum absolute atomic E-state index is 12.1. The molecular formula is C19H25N3O. The third-order valence-electron chi connectivity index (χ3n) is 3.62. The Morgan fingerprint density at radius 2 is 1.91 bits per heavy atom. The van der Waals surface area contributed by atoms with Gasteiger partial charge in [0.05, 0.1) is 0 Å². The SMILES string of the molecule is CCCCNc1ccnc(C(=O)NCCCc2ccccc2)c1. The monoisotopic (exact) mass is 311 g/mol. The molecule has 1 aromatic heterocycles. The van der Waals surface area contributed by atoms with Crippen LogP contribution >= 0.6 is 0 Å². The third kappa shape index (κ3) is 6.10. The van der Waals surface area contributed by atoms with Crippen LogP contribution in [0, 0.1) is 0 Å². The smallest absolute Gasteiger partial charge is 0.269 e. The van der Waals surface area contributed by atoms with E-state index in [0.29, 0.717) is 12.2 Å². The Balaban J connectivity index is 1.75. The lowest BCUT2D eigenvalue weighted by molar-refractivity contribution is 0.0948. The summed E-state index contributed by atoms with van der Waals surface area (Å²) in [5.41, 5.74) is 2.70. The molecule has 1 heterocycles. The van der Waals surface area contributed by atoms with E-state index in [1.165, 1.54) is 5.56 Å². The Hall–Kier alpha value is -2.36. The zero-order valence-corrected chi connectivity index (χ0v) is 13.7. The molecule has 2 aromatic rings. The fourth-order valence-corrected chi connectivity index (χ4v) is 2.30. The fourth-order valence-electron chi connectivity index (χ4n) is 2.30. The van der Waals surface area contributed by atoms with Crippen molar-refractivity contribution in [2.75, 3.05) is 18.4 Å². The average Bonchev–Trinajstić information content (AvgIpc) is 2.60. The molecule has 122 valence electrons. The molecule has 23 heavy (non-hydrogen) atoms. The molecule has 0 saturated heterocycles. The van der Waals surface area contributed by atoms with E-state index in [2.05, 4.69) is 34.7 Å². The second-order valence-electron chi connectivity index (χ2n) is 5.56. The van der Waals surface area contributed by atoms with Gasteiger partial charge in [0.2, 0.25) is 0 Å². The standard InChI is InChI=1S/C19H25N3O/c1-2-3-12-20-17-11-14-21-18(15-17)19(23)22-13-7-10-16-8-5-4-6-9-16/h4-6,8-9,11,14-15H,2-3,7,10,12-13H2,1H3,(H,20,21)(H,22,23). The molecule has 4 nitrogen and oxygen atoms in total. The summed E-state index contributed by atoms with van der Waals surface area (Å²) in [6.45, 7) is 3.73. The summed E-state index contributed by atoms with van der Waals surface area (Å²) in [4.78, 5) is 16.3. The van der Waals surface area contributed by atoms with Crippen molar-refractivity contribution in [2.24, 2.45) is 0 Å². The molecule has 0 unspecified atom stereocenters. The molecule has 0 aliphatic heterocycles.